The fourth-order valence-corrected chi connectivity index (χ4v) is 4.55. The monoisotopic (exact) mass is 372 g/mol. The summed E-state index contributed by atoms with van der Waals surface area (Å²) in [6.45, 7) is 5.62. The van der Waals surface area contributed by atoms with Crippen molar-refractivity contribution >= 4 is 28.6 Å². The molecule has 5 nitrogen and oxygen atoms in total. The molecule has 130 valence electrons. The molecule has 1 fully saturated rings. The molecule has 25 heavy (non-hydrogen) atoms. The Morgan fingerprint density at radius 2 is 2.16 bits per heavy atom. The van der Waals surface area contributed by atoms with Gasteiger partial charge < -0.3 is 10.0 Å². The van der Waals surface area contributed by atoms with E-state index in [9.17, 15) is 5.11 Å². The van der Waals surface area contributed by atoms with Crippen molar-refractivity contribution in [2.24, 2.45) is 5.92 Å². The fourth-order valence-electron chi connectivity index (χ4n) is 3.09. The quantitative estimate of drug-likeness (QED) is 0.757. The van der Waals surface area contributed by atoms with E-state index in [1.807, 2.05) is 18.5 Å². The van der Waals surface area contributed by atoms with Crippen LogP contribution in [0.4, 0.5) is 5.95 Å². The summed E-state index contributed by atoms with van der Waals surface area (Å²) in [6, 6.07) is 2.09. The molecule has 1 N–H and O–H groups in total. The molecule has 0 amide bonds. The number of thiazole rings is 1. The van der Waals surface area contributed by atoms with E-state index in [0.29, 0.717) is 0 Å². The lowest BCUT2D eigenvalue weighted by Crippen LogP contribution is -2.42. The van der Waals surface area contributed by atoms with Crippen LogP contribution in [0.2, 0.25) is 0 Å². The maximum Gasteiger partial charge on any atom is 0.225 e. The summed E-state index contributed by atoms with van der Waals surface area (Å²) in [7, 11) is 0. The van der Waals surface area contributed by atoms with Crippen molar-refractivity contribution in [3.63, 3.8) is 0 Å². The van der Waals surface area contributed by atoms with Gasteiger partial charge in [0.1, 0.15) is 10.7 Å². The second-order valence-corrected chi connectivity index (χ2v) is 8.16. The van der Waals surface area contributed by atoms with Crippen molar-refractivity contribution in [3.8, 4) is 21.8 Å². The topological polar surface area (TPSA) is 62.1 Å². The van der Waals surface area contributed by atoms with Crippen LogP contribution in [0.25, 0.3) is 21.8 Å². The van der Waals surface area contributed by atoms with Crippen molar-refractivity contribution < 1.29 is 5.11 Å². The van der Waals surface area contributed by atoms with Gasteiger partial charge in [-0.2, -0.15) is 11.3 Å². The minimum atomic E-state index is -0.234. The van der Waals surface area contributed by atoms with Crippen molar-refractivity contribution in [2.75, 3.05) is 18.0 Å². The maximum atomic E-state index is 9.97. The molecule has 3 aromatic heterocycles. The van der Waals surface area contributed by atoms with E-state index in [2.05, 4.69) is 38.6 Å². The Kier molecular flexibility index (Phi) is 4.54. The van der Waals surface area contributed by atoms with Gasteiger partial charge in [-0.15, -0.1) is 11.3 Å². The van der Waals surface area contributed by atoms with Crippen molar-refractivity contribution in [1.82, 2.24) is 15.0 Å². The smallest absolute Gasteiger partial charge is 0.225 e. The van der Waals surface area contributed by atoms with Gasteiger partial charge in [-0.05, 0) is 41.7 Å². The number of nitrogens with zero attached hydrogens (tertiary/aromatic N) is 4. The van der Waals surface area contributed by atoms with E-state index in [1.54, 1.807) is 22.7 Å². The van der Waals surface area contributed by atoms with Crippen LogP contribution >= 0.6 is 22.7 Å². The Bertz CT molecular complexity index is 862. The lowest BCUT2D eigenvalue weighted by atomic mass is 9.97. The van der Waals surface area contributed by atoms with Gasteiger partial charge in [0.05, 0.1) is 6.10 Å². The van der Waals surface area contributed by atoms with E-state index in [4.69, 9.17) is 4.98 Å². The highest BCUT2D eigenvalue weighted by Gasteiger charge is 2.26. The van der Waals surface area contributed by atoms with Crippen LogP contribution in [0.1, 0.15) is 19.0 Å². The van der Waals surface area contributed by atoms with Gasteiger partial charge in [-0.3, -0.25) is 0 Å². The number of hydrogen-bond donors (Lipinski definition) is 1. The molecular formula is C18H20N4OS2. The number of aliphatic hydroxyl groups excluding tert-OH is 1. The average Bonchev–Trinajstić information content (AvgIpc) is 3.28. The third kappa shape index (κ3) is 3.31. The standard InChI is InChI=1S/C18H20N4OS2/c1-11-8-22(5-3-15(11)23)18-19-7-14(13-4-6-24-10-13)16(21-18)17-20-12(2)9-25-17/h4,6-7,9-11,15,23H,3,5,8H2,1-2H3/t11-,15+/m1/s1. The van der Waals surface area contributed by atoms with Crippen LogP contribution in [0.15, 0.2) is 28.4 Å². The number of anilines is 1. The largest absolute Gasteiger partial charge is 0.393 e. The predicted molar refractivity (Wildman–Crippen MR) is 103 cm³/mol. The number of aromatic nitrogens is 3. The van der Waals surface area contributed by atoms with Gasteiger partial charge >= 0.3 is 0 Å². The lowest BCUT2D eigenvalue weighted by molar-refractivity contribution is 0.0966. The van der Waals surface area contributed by atoms with Crippen LogP contribution in [0.3, 0.4) is 0 Å². The highest BCUT2D eigenvalue weighted by atomic mass is 32.1. The van der Waals surface area contributed by atoms with Crippen molar-refractivity contribution in [2.45, 2.75) is 26.4 Å². The van der Waals surface area contributed by atoms with E-state index < -0.39 is 0 Å². The van der Waals surface area contributed by atoms with E-state index in [0.717, 1.165) is 53.0 Å². The number of aliphatic hydroxyl groups is 1. The van der Waals surface area contributed by atoms with Gasteiger partial charge in [0.15, 0.2) is 0 Å². The van der Waals surface area contributed by atoms with Gasteiger partial charge in [0, 0.05) is 35.9 Å². The third-order valence-electron chi connectivity index (χ3n) is 4.57. The molecule has 4 rings (SSSR count). The summed E-state index contributed by atoms with van der Waals surface area (Å²) in [5.41, 5.74) is 4.04. The van der Waals surface area contributed by atoms with Crippen LogP contribution in [-0.4, -0.2) is 39.3 Å². The van der Waals surface area contributed by atoms with Crippen LogP contribution in [0.5, 0.6) is 0 Å². The molecule has 0 saturated carbocycles. The first-order chi connectivity index (χ1) is 12.1. The Hall–Kier alpha value is -1.83. The second kappa shape index (κ2) is 6.82. The number of rotatable bonds is 3. The van der Waals surface area contributed by atoms with Gasteiger partial charge in [0.25, 0.3) is 0 Å². The van der Waals surface area contributed by atoms with E-state index in [-0.39, 0.29) is 12.0 Å². The normalized spacial score (nSPS) is 20.8. The lowest BCUT2D eigenvalue weighted by Gasteiger charge is -2.34. The first kappa shape index (κ1) is 16.6. The molecule has 0 unspecified atom stereocenters. The molecule has 0 bridgehead atoms. The summed E-state index contributed by atoms with van der Waals surface area (Å²) in [5, 5.41) is 17.1. The zero-order valence-corrected chi connectivity index (χ0v) is 15.8. The van der Waals surface area contributed by atoms with E-state index >= 15 is 0 Å². The molecule has 0 spiro atoms. The molecule has 0 aromatic carbocycles. The molecule has 0 aliphatic carbocycles. The summed E-state index contributed by atoms with van der Waals surface area (Å²) >= 11 is 3.28. The summed E-state index contributed by atoms with van der Waals surface area (Å²) < 4.78 is 0. The van der Waals surface area contributed by atoms with Gasteiger partial charge in [-0.1, -0.05) is 6.92 Å². The second-order valence-electron chi connectivity index (χ2n) is 6.52. The molecule has 1 aliphatic rings. The van der Waals surface area contributed by atoms with E-state index in [1.165, 1.54) is 0 Å². The zero-order chi connectivity index (χ0) is 17.4. The maximum absolute atomic E-state index is 9.97. The number of hydrogen-bond acceptors (Lipinski definition) is 7. The van der Waals surface area contributed by atoms with Crippen LogP contribution in [-0.2, 0) is 0 Å². The van der Waals surface area contributed by atoms with Gasteiger partial charge in [0.2, 0.25) is 5.95 Å². The fraction of sp³-hybridized carbons (Fsp3) is 0.389. The Labute approximate surface area is 155 Å². The first-order valence-electron chi connectivity index (χ1n) is 8.37. The van der Waals surface area contributed by atoms with Crippen molar-refractivity contribution in [3.05, 3.63) is 34.1 Å². The Balaban J connectivity index is 1.76. The summed E-state index contributed by atoms with van der Waals surface area (Å²) in [6.07, 6.45) is 2.43. The predicted octanol–water partition coefficient (Wildman–Crippen LogP) is 3.84. The number of piperidine rings is 1. The number of thiophene rings is 1. The minimum Gasteiger partial charge on any atom is -0.393 e. The van der Waals surface area contributed by atoms with Crippen molar-refractivity contribution in [1.29, 1.82) is 0 Å². The minimum absolute atomic E-state index is 0.222. The zero-order valence-electron chi connectivity index (χ0n) is 14.2. The highest BCUT2D eigenvalue weighted by molar-refractivity contribution is 7.13. The molecule has 2 atom stereocenters. The summed E-state index contributed by atoms with van der Waals surface area (Å²) in [4.78, 5) is 16.3. The molecular weight excluding hydrogens is 352 g/mol. The molecule has 7 heteroatoms. The molecule has 4 heterocycles. The average molecular weight is 373 g/mol. The Morgan fingerprint density at radius 1 is 1.28 bits per heavy atom. The molecule has 0 radical (unpaired) electrons. The Morgan fingerprint density at radius 3 is 2.84 bits per heavy atom. The molecule has 1 aliphatic heterocycles. The first-order valence-corrected chi connectivity index (χ1v) is 10.2. The SMILES string of the molecule is Cc1csc(-c2nc(N3CC[C@H](O)[C@H](C)C3)ncc2-c2ccsc2)n1. The highest BCUT2D eigenvalue weighted by Crippen LogP contribution is 2.34. The summed E-state index contributed by atoms with van der Waals surface area (Å²) in [5.74, 6) is 0.944. The van der Waals surface area contributed by atoms with Crippen LogP contribution in [0, 0.1) is 12.8 Å². The van der Waals surface area contributed by atoms with Gasteiger partial charge in [-0.25, -0.2) is 15.0 Å². The van der Waals surface area contributed by atoms with Crippen LogP contribution < -0.4 is 4.90 Å². The molecule has 1 saturated heterocycles. The molecule has 3 aromatic rings. The number of aryl methyl sites for hydroxylation is 1. The third-order valence-corrected chi connectivity index (χ3v) is 6.22.